The third kappa shape index (κ3) is 4.07. The lowest BCUT2D eigenvalue weighted by atomic mass is 10.2. The Bertz CT molecular complexity index is 881. The number of imidazole rings is 1. The maximum atomic E-state index is 12.8. The SMILES string of the molecule is Cc1ccn2cc(CCNC(=O)/C=C/c3ccc(F)cc3)nc2c1. The zero-order chi connectivity index (χ0) is 16.9. The van der Waals surface area contributed by atoms with Crippen LogP contribution in [0.25, 0.3) is 11.7 Å². The maximum Gasteiger partial charge on any atom is 0.244 e. The molecule has 1 aromatic carbocycles. The van der Waals surface area contributed by atoms with E-state index in [9.17, 15) is 9.18 Å². The average Bonchev–Trinajstić information content (AvgIpc) is 2.96. The predicted octanol–water partition coefficient (Wildman–Crippen LogP) is 3.15. The molecule has 0 spiro atoms. The van der Waals surface area contributed by atoms with Crippen molar-refractivity contribution in [3.8, 4) is 0 Å². The standard InChI is InChI=1S/C19H18FN3O/c1-14-9-11-23-13-17(22-18(23)12-14)8-10-21-19(24)7-4-15-2-5-16(20)6-3-15/h2-7,9,11-13H,8,10H2,1H3,(H,21,24)/b7-4+. The molecule has 0 aliphatic rings. The van der Waals surface area contributed by atoms with Crippen molar-refractivity contribution in [1.29, 1.82) is 0 Å². The fourth-order valence-electron chi connectivity index (χ4n) is 2.38. The molecule has 1 amide bonds. The van der Waals surface area contributed by atoms with Crippen LogP contribution in [-0.4, -0.2) is 21.8 Å². The molecule has 5 heteroatoms. The van der Waals surface area contributed by atoms with E-state index in [1.807, 2.05) is 35.9 Å². The molecule has 1 N–H and O–H groups in total. The van der Waals surface area contributed by atoms with Gasteiger partial charge in [0.1, 0.15) is 11.5 Å². The fraction of sp³-hybridized carbons (Fsp3) is 0.158. The first-order chi connectivity index (χ1) is 11.6. The van der Waals surface area contributed by atoms with Crippen LogP contribution in [0.4, 0.5) is 4.39 Å². The first-order valence-electron chi connectivity index (χ1n) is 7.76. The van der Waals surface area contributed by atoms with Crippen LogP contribution in [0.5, 0.6) is 0 Å². The molecule has 0 saturated heterocycles. The first-order valence-corrected chi connectivity index (χ1v) is 7.76. The third-order valence-electron chi connectivity index (χ3n) is 3.64. The summed E-state index contributed by atoms with van der Waals surface area (Å²) in [6.45, 7) is 2.54. The second kappa shape index (κ2) is 7.08. The van der Waals surface area contributed by atoms with E-state index in [0.717, 1.165) is 16.9 Å². The number of pyridine rings is 1. The van der Waals surface area contributed by atoms with Gasteiger partial charge in [0.05, 0.1) is 5.69 Å². The Kier molecular flexibility index (Phi) is 4.70. The summed E-state index contributed by atoms with van der Waals surface area (Å²) in [6, 6.07) is 10.0. The van der Waals surface area contributed by atoms with Crippen molar-refractivity contribution < 1.29 is 9.18 Å². The van der Waals surface area contributed by atoms with Crippen LogP contribution in [0, 0.1) is 12.7 Å². The molecule has 24 heavy (non-hydrogen) atoms. The summed E-state index contributed by atoms with van der Waals surface area (Å²) in [5, 5.41) is 2.82. The molecule has 0 bridgehead atoms. The molecule has 0 unspecified atom stereocenters. The summed E-state index contributed by atoms with van der Waals surface area (Å²) in [5.41, 5.74) is 3.79. The van der Waals surface area contributed by atoms with Gasteiger partial charge in [-0.25, -0.2) is 9.37 Å². The molecule has 3 aromatic rings. The lowest BCUT2D eigenvalue weighted by Crippen LogP contribution is -2.23. The van der Waals surface area contributed by atoms with Gasteiger partial charge in [-0.1, -0.05) is 12.1 Å². The van der Waals surface area contributed by atoms with Crippen LogP contribution in [0.15, 0.2) is 54.9 Å². The Balaban J connectivity index is 1.51. The number of amides is 1. The average molecular weight is 323 g/mol. The van der Waals surface area contributed by atoms with Crippen LogP contribution < -0.4 is 5.32 Å². The number of halogens is 1. The highest BCUT2D eigenvalue weighted by Gasteiger charge is 2.02. The van der Waals surface area contributed by atoms with E-state index in [1.54, 1.807) is 18.2 Å². The number of nitrogens with zero attached hydrogens (tertiary/aromatic N) is 2. The van der Waals surface area contributed by atoms with Crippen LogP contribution >= 0.6 is 0 Å². The number of carbonyl (C=O) groups is 1. The summed E-state index contributed by atoms with van der Waals surface area (Å²) < 4.78 is 14.8. The second-order valence-electron chi connectivity index (χ2n) is 5.63. The molecule has 0 aliphatic heterocycles. The Labute approximate surface area is 139 Å². The van der Waals surface area contributed by atoms with Crippen molar-refractivity contribution in [1.82, 2.24) is 14.7 Å². The minimum absolute atomic E-state index is 0.182. The Hall–Kier alpha value is -2.95. The minimum Gasteiger partial charge on any atom is -0.352 e. The van der Waals surface area contributed by atoms with E-state index in [-0.39, 0.29) is 11.7 Å². The van der Waals surface area contributed by atoms with Crippen LogP contribution in [0.3, 0.4) is 0 Å². The molecule has 2 heterocycles. The van der Waals surface area contributed by atoms with Gasteiger partial charge >= 0.3 is 0 Å². The van der Waals surface area contributed by atoms with E-state index in [1.165, 1.54) is 23.8 Å². The number of rotatable bonds is 5. The predicted molar refractivity (Wildman–Crippen MR) is 92.1 cm³/mol. The molecule has 0 radical (unpaired) electrons. The first kappa shape index (κ1) is 15.9. The van der Waals surface area contributed by atoms with Gasteiger partial charge in [-0.3, -0.25) is 4.79 Å². The molecule has 0 atom stereocenters. The number of carbonyl (C=O) groups excluding carboxylic acids is 1. The minimum atomic E-state index is -0.292. The number of aromatic nitrogens is 2. The van der Waals surface area contributed by atoms with Gasteiger partial charge in [0.25, 0.3) is 0 Å². The topological polar surface area (TPSA) is 46.4 Å². The van der Waals surface area contributed by atoms with Gasteiger partial charge in [-0.15, -0.1) is 0 Å². The molecule has 0 aliphatic carbocycles. The Morgan fingerprint density at radius 1 is 1.29 bits per heavy atom. The van der Waals surface area contributed by atoms with Crippen LogP contribution in [0.1, 0.15) is 16.8 Å². The summed E-state index contributed by atoms with van der Waals surface area (Å²) in [5.74, 6) is -0.474. The van der Waals surface area contributed by atoms with Crippen molar-refractivity contribution in [2.24, 2.45) is 0 Å². The second-order valence-corrected chi connectivity index (χ2v) is 5.63. The number of benzene rings is 1. The highest BCUT2D eigenvalue weighted by atomic mass is 19.1. The third-order valence-corrected chi connectivity index (χ3v) is 3.64. The van der Waals surface area contributed by atoms with Gasteiger partial charge in [0.2, 0.25) is 5.91 Å². The molecule has 122 valence electrons. The lowest BCUT2D eigenvalue weighted by Gasteiger charge is -1.99. The van der Waals surface area contributed by atoms with Crippen molar-refractivity contribution in [3.05, 3.63) is 77.5 Å². The number of hydrogen-bond acceptors (Lipinski definition) is 2. The normalized spacial score (nSPS) is 11.2. The lowest BCUT2D eigenvalue weighted by molar-refractivity contribution is -0.116. The molecule has 3 rings (SSSR count). The Morgan fingerprint density at radius 3 is 2.88 bits per heavy atom. The maximum absolute atomic E-state index is 12.8. The highest BCUT2D eigenvalue weighted by Crippen LogP contribution is 2.08. The van der Waals surface area contributed by atoms with Gasteiger partial charge in [0.15, 0.2) is 0 Å². The summed E-state index contributed by atoms with van der Waals surface area (Å²) >= 11 is 0. The number of fused-ring (bicyclic) bond motifs is 1. The summed E-state index contributed by atoms with van der Waals surface area (Å²) in [4.78, 5) is 16.3. The van der Waals surface area contributed by atoms with Crippen molar-refractivity contribution in [2.45, 2.75) is 13.3 Å². The molecule has 0 fully saturated rings. The zero-order valence-corrected chi connectivity index (χ0v) is 13.4. The van der Waals surface area contributed by atoms with Gasteiger partial charge in [-0.05, 0) is 48.4 Å². The number of hydrogen-bond donors (Lipinski definition) is 1. The largest absolute Gasteiger partial charge is 0.352 e. The van der Waals surface area contributed by atoms with Crippen molar-refractivity contribution in [2.75, 3.05) is 6.54 Å². The van der Waals surface area contributed by atoms with Crippen molar-refractivity contribution >= 4 is 17.6 Å². The van der Waals surface area contributed by atoms with Gasteiger partial charge < -0.3 is 9.72 Å². The summed E-state index contributed by atoms with van der Waals surface area (Å²) in [7, 11) is 0. The number of aryl methyl sites for hydroxylation is 1. The van der Waals surface area contributed by atoms with E-state index >= 15 is 0 Å². The van der Waals surface area contributed by atoms with E-state index in [0.29, 0.717) is 13.0 Å². The molecular formula is C19H18FN3O. The Morgan fingerprint density at radius 2 is 2.08 bits per heavy atom. The molecular weight excluding hydrogens is 305 g/mol. The highest BCUT2D eigenvalue weighted by molar-refractivity contribution is 5.91. The summed E-state index contributed by atoms with van der Waals surface area (Å²) in [6.07, 6.45) is 7.71. The van der Waals surface area contributed by atoms with E-state index in [4.69, 9.17) is 0 Å². The van der Waals surface area contributed by atoms with Gasteiger partial charge in [-0.2, -0.15) is 0 Å². The molecule has 0 saturated carbocycles. The fourth-order valence-corrected chi connectivity index (χ4v) is 2.38. The zero-order valence-electron chi connectivity index (χ0n) is 13.4. The quantitative estimate of drug-likeness (QED) is 0.733. The number of nitrogens with one attached hydrogen (secondary N) is 1. The van der Waals surface area contributed by atoms with Crippen LogP contribution in [-0.2, 0) is 11.2 Å². The van der Waals surface area contributed by atoms with Crippen LogP contribution in [0.2, 0.25) is 0 Å². The van der Waals surface area contributed by atoms with Gasteiger partial charge in [0, 0.05) is 31.4 Å². The molecule has 4 nitrogen and oxygen atoms in total. The monoisotopic (exact) mass is 323 g/mol. The van der Waals surface area contributed by atoms with Crippen molar-refractivity contribution in [3.63, 3.8) is 0 Å². The van der Waals surface area contributed by atoms with E-state index < -0.39 is 0 Å². The van der Waals surface area contributed by atoms with E-state index in [2.05, 4.69) is 10.3 Å². The smallest absolute Gasteiger partial charge is 0.244 e. The molecule has 2 aromatic heterocycles.